The molecule has 1 N–H and O–H groups in total. The maximum Gasteiger partial charge on any atom is 0.0682 e. The SMILES string of the molecule is OCc1ccc(N2CCN(c3ccccc3)CC2)c(Br)c1. The molecule has 1 aliphatic rings. The molecule has 0 spiro atoms. The molecule has 0 radical (unpaired) electrons. The number of piperazine rings is 1. The van der Waals surface area contributed by atoms with Crippen molar-refractivity contribution in [3.05, 3.63) is 58.6 Å². The number of hydrogen-bond acceptors (Lipinski definition) is 3. The highest BCUT2D eigenvalue weighted by Gasteiger charge is 2.18. The van der Waals surface area contributed by atoms with E-state index in [1.54, 1.807) is 0 Å². The Hall–Kier alpha value is -1.52. The van der Waals surface area contributed by atoms with Gasteiger partial charge in [-0.3, -0.25) is 0 Å². The van der Waals surface area contributed by atoms with Gasteiger partial charge in [-0.15, -0.1) is 0 Å². The fourth-order valence-electron chi connectivity index (χ4n) is 2.75. The predicted octanol–water partition coefficient (Wildman–Crippen LogP) is 3.27. The van der Waals surface area contributed by atoms with E-state index in [-0.39, 0.29) is 6.61 Å². The van der Waals surface area contributed by atoms with E-state index in [1.165, 1.54) is 11.4 Å². The van der Waals surface area contributed by atoms with Gasteiger partial charge < -0.3 is 14.9 Å². The van der Waals surface area contributed by atoms with Crippen LogP contribution in [-0.2, 0) is 6.61 Å². The second kappa shape index (κ2) is 6.50. The van der Waals surface area contributed by atoms with Crippen LogP contribution in [0.25, 0.3) is 0 Å². The number of para-hydroxylation sites is 1. The largest absolute Gasteiger partial charge is 0.392 e. The maximum atomic E-state index is 9.18. The van der Waals surface area contributed by atoms with Gasteiger partial charge >= 0.3 is 0 Å². The van der Waals surface area contributed by atoms with E-state index < -0.39 is 0 Å². The molecule has 0 aromatic heterocycles. The van der Waals surface area contributed by atoms with Crippen molar-refractivity contribution in [2.24, 2.45) is 0 Å². The minimum Gasteiger partial charge on any atom is -0.392 e. The van der Waals surface area contributed by atoms with Crippen molar-refractivity contribution >= 4 is 27.3 Å². The lowest BCUT2D eigenvalue weighted by Crippen LogP contribution is -2.46. The predicted molar refractivity (Wildman–Crippen MR) is 90.9 cm³/mol. The van der Waals surface area contributed by atoms with Crippen LogP contribution >= 0.6 is 15.9 Å². The summed E-state index contributed by atoms with van der Waals surface area (Å²) in [7, 11) is 0. The maximum absolute atomic E-state index is 9.18. The molecule has 0 bridgehead atoms. The van der Waals surface area contributed by atoms with Crippen molar-refractivity contribution in [2.75, 3.05) is 36.0 Å². The number of hydrogen-bond donors (Lipinski definition) is 1. The molecule has 3 nitrogen and oxygen atoms in total. The quantitative estimate of drug-likeness (QED) is 0.923. The molecular formula is C17H19BrN2O. The van der Waals surface area contributed by atoms with Crippen LogP contribution in [0.3, 0.4) is 0 Å². The number of rotatable bonds is 3. The fourth-order valence-corrected chi connectivity index (χ4v) is 3.43. The van der Waals surface area contributed by atoms with Gasteiger partial charge in [-0.25, -0.2) is 0 Å². The molecule has 3 rings (SSSR count). The molecule has 0 saturated carbocycles. The van der Waals surface area contributed by atoms with E-state index >= 15 is 0 Å². The summed E-state index contributed by atoms with van der Waals surface area (Å²) in [5.74, 6) is 0. The molecule has 110 valence electrons. The van der Waals surface area contributed by atoms with Crippen molar-refractivity contribution in [1.82, 2.24) is 0 Å². The molecule has 1 heterocycles. The summed E-state index contributed by atoms with van der Waals surface area (Å²) in [6, 6.07) is 16.6. The average Bonchev–Trinajstić information content (AvgIpc) is 2.56. The van der Waals surface area contributed by atoms with E-state index in [1.807, 2.05) is 12.1 Å². The van der Waals surface area contributed by atoms with Gasteiger partial charge in [-0.05, 0) is 45.8 Å². The zero-order valence-electron chi connectivity index (χ0n) is 11.9. The Morgan fingerprint density at radius 3 is 2.19 bits per heavy atom. The molecule has 1 fully saturated rings. The summed E-state index contributed by atoms with van der Waals surface area (Å²) in [5.41, 5.74) is 3.44. The summed E-state index contributed by atoms with van der Waals surface area (Å²) >= 11 is 3.62. The lowest BCUT2D eigenvalue weighted by Gasteiger charge is -2.37. The molecule has 0 atom stereocenters. The smallest absolute Gasteiger partial charge is 0.0682 e. The van der Waals surface area contributed by atoms with Crippen LogP contribution in [0.4, 0.5) is 11.4 Å². The van der Waals surface area contributed by atoms with Gasteiger partial charge in [0.1, 0.15) is 0 Å². The highest BCUT2D eigenvalue weighted by atomic mass is 79.9. The lowest BCUT2D eigenvalue weighted by molar-refractivity contribution is 0.282. The first-order valence-corrected chi connectivity index (χ1v) is 8.01. The Labute approximate surface area is 133 Å². The Morgan fingerprint density at radius 2 is 1.57 bits per heavy atom. The third-order valence-corrected chi connectivity index (χ3v) is 4.57. The van der Waals surface area contributed by atoms with E-state index in [9.17, 15) is 5.11 Å². The van der Waals surface area contributed by atoms with Gasteiger partial charge in [0.25, 0.3) is 0 Å². The van der Waals surface area contributed by atoms with Crippen molar-refractivity contribution < 1.29 is 5.11 Å². The molecule has 2 aromatic carbocycles. The number of nitrogens with zero attached hydrogens (tertiary/aromatic N) is 2. The van der Waals surface area contributed by atoms with Gasteiger partial charge in [-0.1, -0.05) is 24.3 Å². The number of benzene rings is 2. The normalized spacial score (nSPS) is 15.3. The van der Waals surface area contributed by atoms with E-state index in [4.69, 9.17) is 0 Å². The monoisotopic (exact) mass is 346 g/mol. The molecule has 21 heavy (non-hydrogen) atoms. The molecule has 1 aliphatic heterocycles. The van der Waals surface area contributed by atoms with Gasteiger partial charge in [-0.2, -0.15) is 0 Å². The van der Waals surface area contributed by atoms with Crippen molar-refractivity contribution in [2.45, 2.75) is 6.61 Å². The van der Waals surface area contributed by atoms with E-state index in [2.05, 4.69) is 62.1 Å². The molecule has 0 amide bonds. The molecule has 4 heteroatoms. The van der Waals surface area contributed by atoms with E-state index in [0.717, 1.165) is 36.2 Å². The lowest BCUT2D eigenvalue weighted by atomic mass is 10.2. The number of aliphatic hydroxyl groups is 1. The van der Waals surface area contributed by atoms with Crippen LogP contribution in [0.1, 0.15) is 5.56 Å². The fraction of sp³-hybridized carbons (Fsp3) is 0.294. The summed E-state index contributed by atoms with van der Waals surface area (Å²) in [5, 5.41) is 9.18. The van der Waals surface area contributed by atoms with E-state index in [0.29, 0.717) is 0 Å². The summed E-state index contributed by atoms with van der Waals surface area (Å²) in [6.07, 6.45) is 0. The molecular weight excluding hydrogens is 328 g/mol. The van der Waals surface area contributed by atoms with Gasteiger partial charge in [0, 0.05) is 36.3 Å². The first-order chi connectivity index (χ1) is 10.3. The highest BCUT2D eigenvalue weighted by molar-refractivity contribution is 9.10. The summed E-state index contributed by atoms with van der Waals surface area (Å²) in [6.45, 7) is 4.15. The zero-order valence-corrected chi connectivity index (χ0v) is 13.5. The Morgan fingerprint density at radius 1 is 0.905 bits per heavy atom. The van der Waals surface area contributed by atoms with Crippen LogP contribution in [0.15, 0.2) is 53.0 Å². The minimum atomic E-state index is 0.0840. The van der Waals surface area contributed by atoms with Gasteiger partial charge in [0.15, 0.2) is 0 Å². The van der Waals surface area contributed by atoms with Crippen LogP contribution in [0.5, 0.6) is 0 Å². The van der Waals surface area contributed by atoms with Crippen LogP contribution in [-0.4, -0.2) is 31.3 Å². The standard InChI is InChI=1S/C17H19BrN2O/c18-16-12-14(13-21)6-7-17(16)20-10-8-19(9-11-20)15-4-2-1-3-5-15/h1-7,12,21H,8-11,13H2. The third-order valence-electron chi connectivity index (χ3n) is 3.94. The summed E-state index contributed by atoms with van der Waals surface area (Å²) < 4.78 is 1.06. The second-order valence-electron chi connectivity index (χ2n) is 5.25. The first kappa shape index (κ1) is 14.4. The average molecular weight is 347 g/mol. The van der Waals surface area contributed by atoms with Crippen LogP contribution in [0.2, 0.25) is 0 Å². The first-order valence-electron chi connectivity index (χ1n) is 7.22. The van der Waals surface area contributed by atoms with Crippen molar-refractivity contribution in [3.8, 4) is 0 Å². The molecule has 2 aromatic rings. The molecule has 0 aliphatic carbocycles. The number of halogens is 1. The zero-order chi connectivity index (χ0) is 14.7. The second-order valence-corrected chi connectivity index (χ2v) is 6.11. The number of anilines is 2. The topological polar surface area (TPSA) is 26.7 Å². The van der Waals surface area contributed by atoms with Crippen LogP contribution in [0, 0.1) is 0 Å². The molecule has 0 unspecified atom stereocenters. The third kappa shape index (κ3) is 3.22. The highest BCUT2D eigenvalue weighted by Crippen LogP contribution is 2.29. The Balaban J connectivity index is 1.68. The minimum absolute atomic E-state index is 0.0840. The Bertz CT molecular complexity index is 595. The van der Waals surface area contributed by atoms with Crippen molar-refractivity contribution in [1.29, 1.82) is 0 Å². The van der Waals surface area contributed by atoms with Gasteiger partial charge in [0.05, 0.1) is 12.3 Å². The van der Waals surface area contributed by atoms with Crippen LogP contribution < -0.4 is 9.80 Å². The molecule has 1 saturated heterocycles. The Kier molecular flexibility index (Phi) is 4.46. The van der Waals surface area contributed by atoms with Gasteiger partial charge in [0.2, 0.25) is 0 Å². The summed E-state index contributed by atoms with van der Waals surface area (Å²) in [4.78, 5) is 4.82. The van der Waals surface area contributed by atoms with Crippen molar-refractivity contribution in [3.63, 3.8) is 0 Å². The number of aliphatic hydroxyl groups excluding tert-OH is 1.